The molecule has 0 radical (unpaired) electrons. The summed E-state index contributed by atoms with van der Waals surface area (Å²) in [4.78, 5) is 8.43. The number of pyridine rings is 1. The zero-order chi connectivity index (χ0) is 16.2. The molecule has 3 rings (SSSR count). The van der Waals surface area contributed by atoms with Crippen LogP contribution >= 0.6 is 0 Å². The van der Waals surface area contributed by atoms with E-state index in [0.29, 0.717) is 12.1 Å². The van der Waals surface area contributed by atoms with E-state index in [1.807, 2.05) is 44.2 Å². The van der Waals surface area contributed by atoms with E-state index in [2.05, 4.69) is 26.5 Å². The normalized spacial score (nSPS) is 10.3. The summed E-state index contributed by atoms with van der Waals surface area (Å²) in [5.74, 6) is 0.757. The number of hydrogen-bond donors (Lipinski definition) is 1. The summed E-state index contributed by atoms with van der Waals surface area (Å²) in [6.07, 6.45) is 3.19. The molecule has 2 heterocycles. The fraction of sp³-hybridized carbons (Fsp3) is 0.176. The van der Waals surface area contributed by atoms with Gasteiger partial charge in [0.1, 0.15) is 24.5 Å². The van der Waals surface area contributed by atoms with Gasteiger partial charge < -0.3 is 5.32 Å². The van der Waals surface area contributed by atoms with Crippen LogP contribution in [0.4, 0.5) is 5.82 Å². The van der Waals surface area contributed by atoms with E-state index in [-0.39, 0.29) is 0 Å². The summed E-state index contributed by atoms with van der Waals surface area (Å²) >= 11 is 0. The lowest BCUT2D eigenvalue weighted by atomic mass is 10.1. The van der Waals surface area contributed by atoms with E-state index in [1.165, 1.54) is 6.33 Å². The monoisotopic (exact) mass is 304 g/mol. The first-order valence-corrected chi connectivity index (χ1v) is 7.24. The second-order valence-electron chi connectivity index (χ2n) is 5.22. The lowest BCUT2D eigenvalue weighted by Crippen LogP contribution is -2.07. The number of para-hydroxylation sites is 1. The van der Waals surface area contributed by atoms with Crippen LogP contribution in [0.5, 0.6) is 0 Å². The molecule has 0 fully saturated rings. The minimum Gasteiger partial charge on any atom is -0.366 e. The summed E-state index contributed by atoms with van der Waals surface area (Å²) < 4.78 is 1.74. The molecule has 0 amide bonds. The average Bonchev–Trinajstić information content (AvgIpc) is 3.07. The number of benzene rings is 1. The highest BCUT2D eigenvalue weighted by atomic mass is 15.3. The smallest absolute Gasteiger partial charge is 0.138 e. The molecule has 6 nitrogen and oxygen atoms in total. The van der Waals surface area contributed by atoms with Crippen molar-refractivity contribution in [1.29, 1.82) is 5.26 Å². The molecular weight excluding hydrogens is 288 g/mol. The first-order valence-electron chi connectivity index (χ1n) is 7.24. The van der Waals surface area contributed by atoms with Gasteiger partial charge in [-0.1, -0.05) is 18.2 Å². The predicted molar refractivity (Wildman–Crippen MR) is 87.1 cm³/mol. The van der Waals surface area contributed by atoms with Crippen LogP contribution in [0.15, 0.2) is 43.0 Å². The molecule has 1 aromatic carbocycles. The molecule has 114 valence electrons. The fourth-order valence-electron chi connectivity index (χ4n) is 2.49. The van der Waals surface area contributed by atoms with Crippen LogP contribution in [0.2, 0.25) is 0 Å². The Labute approximate surface area is 134 Å². The van der Waals surface area contributed by atoms with Gasteiger partial charge in [-0.2, -0.15) is 10.4 Å². The van der Waals surface area contributed by atoms with E-state index in [4.69, 9.17) is 5.26 Å². The molecule has 3 aromatic rings. The molecule has 23 heavy (non-hydrogen) atoms. The van der Waals surface area contributed by atoms with E-state index in [9.17, 15) is 0 Å². The molecule has 0 unspecified atom stereocenters. The van der Waals surface area contributed by atoms with E-state index in [1.54, 1.807) is 11.0 Å². The van der Waals surface area contributed by atoms with Crippen LogP contribution in [0.3, 0.4) is 0 Å². The van der Waals surface area contributed by atoms with Crippen LogP contribution in [0.1, 0.15) is 22.4 Å². The Morgan fingerprint density at radius 3 is 2.78 bits per heavy atom. The second-order valence-corrected chi connectivity index (χ2v) is 5.22. The van der Waals surface area contributed by atoms with Gasteiger partial charge in [-0.05, 0) is 37.1 Å². The SMILES string of the molecule is Cc1cc(NCc2ccccc2-n2cncn2)nc(C)c1C#N. The number of nitrogens with one attached hydrogen (secondary N) is 1. The van der Waals surface area contributed by atoms with E-state index >= 15 is 0 Å². The van der Waals surface area contributed by atoms with Crippen molar-refractivity contribution in [2.24, 2.45) is 0 Å². The maximum atomic E-state index is 9.11. The zero-order valence-corrected chi connectivity index (χ0v) is 13.0. The summed E-state index contributed by atoms with van der Waals surface area (Å²) in [5, 5.41) is 16.6. The second kappa shape index (κ2) is 6.28. The van der Waals surface area contributed by atoms with Crippen LogP contribution in [0, 0.1) is 25.2 Å². The Bertz CT molecular complexity index is 838. The van der Waals surface area contributed by atoms with Gasteiger partial charge in [-0.3, -0.25) is 0 Å². The van der Waals surface area contributed by atoms with Crippen molar-refractivity contribution in [3.8, 4) is 11.8 Å². The number of nitriles is 1. The van der Waals surface area contributed by atoms with Gasteiger partial charge >= 0.3 is 0 Å². The third kappa shape index (κ3) is 3.04. The standard InChI is InChI=1S/C17H16N6/c1-12-7-17(22-13(2)15(12)8-18)20-9-14-5-3-4-6-16(14)23-11-19-10-21-23/h3-7,10-11H,9H2,1-2H3,(H,20,22). The van der Waals surface area contributed by atoms with Gasteiger partial charge in [-0.25, -0.2) is 14.6 Å². The largest absolute Gasteiger partial charge is 0.366 e. The third-order valence-corrected chi connectivity index (χ3v) is 3.63. The maximum Gasteiger partial charge on any atom is 0.138 e. The zero-order valence-electron chi connectivity index (χ0n) is 13.0. The van der Waals surface area contributed by atoms with Crippen LogP contribution in [-0.4, -0.2) is 19.7 Å². The van der Waals surface area contributed by atoms with Crippen molar-refractivity contribution in [2.75, 3.05) is 5.32 Å². The average molecular weight is 304 g/mol. The van der Waals surface area contributed by atoms with Gasteiger partial charge in [0.2, 0.25) is 0 Å². The number of aryl methyl sites for hydroxylation is 2. The molecule has 0 atom stereocenters. The van der Waals surface area contributed by atoms with Gasteiger partial charge in [0.25, 0.3) is 0 Å². The molecule has 2 aromatic heterocycles. The highest BCUT2D eigenvalue weighted by molar-refractivity contribution is 5.50. The molecule has 0 aliphatic carbocycles. The Kier molecular flexibility index (Phi) is 4.02. The maximum absolute atomic E-state index is 9.11. The number of rotatable bonds is 4. The van der Waals surface area contributed by atoms with Crippen molar-refractivity contribution in [3.05, 3.63) is 65.4 Å². The summed E-state index contributed by atoms with van der Waals surface area (Å²) in [5.41, 5.74) is 4.35. The highest BCUT2D eigenvalue weighted by Crippen LogP contribution is 2.18. The van der Waals surface area contributed by atoms with Crippen LogP contribution in [-0.2, 0) is 6.54 Å². The lowest BCUT2D eigenvalue weighted by Gasteiger charge is -2.12. The fourth-order valence-corrected chi connectivity index (χ4v) is 2.49. The summed E-state index contributed by atoms with van der Waals surface area (Å²) in [7, 11) is 0. The quantitative estimate of drug-likeness (QED) is 0.801. The Hall–Kier alpha value is -3.20. The summed E-state index contributed by atoms with van der Waals surface area (Å²) in [6, 6.07) is 12.1. The Morgan fingerprint density at radius 2 is 2.09 bits per heavy atom. The Morgan fingerprint density at radius 1 is 1.26 bits per heavy atom. The molecule has 6 heteroatoms. The van der Waals surface area contributed by atoms with E-state index in [0.717, 1.165) is 28.3 Å². The predicted octanol–water partition coefficient (Wildman–Crippen LogP) is 2.76. The third-order valence-electron chi connectivity index (χ3n) is 3.63. The molecule has 0 saturated heterocycles. The molecule has 1 N–H and O–H groups in total. The topological polar surface area (TPSA) is 79.4 Å². The van der Waals surface area contributed by atoms with Crippen molar-refractivity contribution >= 4 is 5.82 Å². The number of nitrogens with zero attached hydrogens (tertiary/aromatic N) is 5. The Balaban J connectivity index is 1.84. The molecule has 0 bridgehead atoms. The molecule has 0 aliphatic heterocycles. The summed E-state index contributed by atoms with van der Waals surface area (Å²) in [6.45, 7) is 4.37. The van der Waals surface area contributed by atoms with Crippen molar-refractivity contribution in [1.82, 2.24) is 19.7 Å². The number of hydrogen-bond acceptors (Lipinski definition) is 5. The molecular formula is C17H16N6. The van der Waals surface area contributed by atoms with Crippen LogP contribution in [0.25, 0.3) is 5.69 Å². The van der Waals surface area contributed by atoms with E-state index < -0.39 is 0 Å². The first-order chi connectivity index (χ1) is 11.2. The minimum absolute atomic E-state index is 0.605. The van der Waals surface area contributed by atoms with Gasteiger partial charge in [-0.15, -0.1) is 0 Å². The minimum atomic E-state index is 0.605. The van der Waals surface area contributed by atoms with Crippen molar-refractivity contribution in [2.45, 2.75) is 20.4 Å². The molecule has 0 spiro atoms. The van der Waals surface area contributed by atoms with Crippen LogP contribution < -0.4 is 5.32 Å². The van der Waals surface area contributed by atoms with Crippen molar-refractivity contribution in [3.63, 3.8) is 0 Å². The highest BCUT2D eigenvalue weighted by Gasteiger charge is 2.08. The van der Waals surface area contributed by atoms with Gasteiger partial charge in [0.05, 0.1) is 16.9 Å². The van der Waals surface area contributed by atoms with Crippen molar-refractivity contribution < 1.29 is 0 Å². The molecule has 0 saturated carbocycles. The first kappa shape index (κ1) is 14.7. The van der Waals surface area contributed by atoms with Gasteiger partial charge in [0.15, 0.2) is 0 Å². The number of anilines is 1. The van der Waals surface area contributed by atoms with Gasteiger partial charge in [0, 0.05) is 6.54 Å². The molecule has 0 aliphatic rings. The lowest BCUT2D eigenvalue weighted by molar-refractivity contribution is 0.861. The number of aromatic nitrogens is 4.